The van der Waals surface area contributed by atoms with Crippen LogP contribution in [-0.4, -0.2) is 33.6 Å². The van der Waals surface area contributed by atoms with E-state index >= 15 is 0 Å². The molecule has 2 rings (SSSR count). The average molecular weight is 191 g/mol. The summed E-state index contributed by atoms with van der Waals surface area (Å²) in [5, 5.41) is 3.20. The predicted molar refractivity (Wildman–Crippen MR) is 44.9 cm³/mol. The molecule has 0 aliphatic carbocycles. The van der Waals surface area contributed by atoms with E-state index in [0.717, 1.165) is 25.9 Å². The molecule has 70 valence electrons. The average Bonchev–Trinajstić information content (AvgIpc) is 2.29. The minimum atomic E-state index is -3.18. The molecule has 0 aromatic rings. The maximum absolute atomic E-state index is 11.1. The normalized spacial score (nSPS) is 32.3. The summed E-state index contributed by atoms with van der Waals surface area (Å²) in [5.74, 6) is 0. The van der Waals surface area contributed by atoms with Crippen LogP contribution in [0, 0.1) is 0 Å². The molecule has 2 aliphatic heterocycles. The first kappa shape index (κ1) is 8.43. The highest BCUT2D eigenvalue weighted by Gasteiger charge is 2.41. The van der Waals surface area contributed by atoms with Crippen LogP contribution in [-0.2, 0) is 10.2 Å². The highest BCUT2D eigenvalue weighted by atomic mass is 32.2. The van der Waals surface area contributed by atoms with Gasteiger partial charge in [-0.25, -0.2) is 4.72 Å². The van der Waals surface area contributed by atoms with Gasteiger partial charge in [-0.2, -0.15) is 13.1 Å². The maximum atomic E-state index is 11.1. The summed E-state index contributed by atoms with van der Waals surface area (Å²) in [4.78, 5) is 0. The van der Waals surface area contributed by atoms with Crippen LogP contribution in [0.2, 0.25) is 0 Å². The zero-order chi connectivity index (χ0) is 8.66. The van der Waals surface area contributed by atoms with E-state index in [1.165, 1.54) is 0 Å². The maximum Gasteiger partial charge on any atom is 0.277 e. The van der Waals surface area contributed by atoms with Gasteiger partial charge in [0.1, 0.15) is 0 Å². The Bertz CT molecular complexity index is 269. The van der Waals surface area contributed by atoms with Crippen molar-refractivity contribution in [3.05, 3.63) is 0 Å². The van der Waals surface area contributed by atoms with Crippen LogP contribution in [0.5, 0.6) is 0 Å². The topological polar surface area (TPSA) is 70.2 Å². The van der Waals surface area contributed by atoms with Crippen LogP contribution in [0.25, 0.3) is 0 Å². The molecule has 2 aliphatic rings. The van der Waals surface area contributed by atoms with Crippen molar-refractivity contribution < 1.29 is 8.42 Å². The van der Waals surface area contributed by atoms with Gasteiger partial charge in [0.25, 0.3) is 10.2 Å². The molecule has 1 spiro atoms. The lowest BCUT2D eigenvalue weighted by Crippen LogP contribution is -2.51. The molecule has 0 atom stereocenters. The van der Waals surface area contributed by atoms with Gasteiger partial charge < -0.3 is 5.32 Å². The molecule has 5 nitrogen and oxygen atoms in total. The molecule has 2 saturated heterocycles. The summed E-state index contributed by atoms with van der Waals surface area (Å²) in [5.41, 5.74) is -0.204. The molecular weight excluding hydrogens is 178 g/mol. The van der Waals surface area contributed by atoms with Gasteiger partial charge in [-0.05, 0) is 25.9 Å². The zero-order valence-electron chi connectivity index (χ0n) is 6.76. The standard InChI is InChI=1S/C6H13N3O2S/c10-12(11)8-5-6(9-12)1-3-7-4-2-6/h7-9H,1-5H2. The third kappa shape index (κ3) is 1.47. The molecule has 6 heteroatoms. The van der Waals surface area contributed by atoms with E-state index in [9.17, 15) is 8.42 Å². The van der Waals surface area contributed by atoms with Crippen LogP contribution in [0.3, 0.4) is 0 Å². The Morgan fingerprint density at radius 2 is 1.83 bits per heavy atom. The van der Waals surface area contributed by atoms with Gasteiger partial charge in [0.15, 0.2) is 0 Å². The Kier molecular flexibility index (Phi) is 1.87. The van der Waals surface area contributed by atoms with Crippen LogP contribution in [0.4, 0.5) is 0 Å². The molecule has 0 aromatic heterocycles. The summed E-state index contributed by atoms with van der Waals surface area (Å²) in [6, 6.07) is 0. The van der Waals surface area contributed by atoms with Gasteiger partial charge in [0.2, 0.25) is 0 Å². The van der Waals surface area contributed by atoms with E-state index in [-0.39, 0.29) is 5.54 Å². The third-order valence-corrected chi connectivity index (χ3v) is 3.74. The SMILES string of the molecule is O=S1(=O)NCC2(CCNCC2)N1. The summed E-state index contributed by atoms with van der Waals surface area (Å²) in [7, 11) is -3.18. The lowest BCUT2D eigenvalue weighted by Gasteiger charge is -2.31. The Balaban J connectivity index is 2.13. The van der Waals surface area contributed by atoms with Crippen molar-refractivity contribution in [3.63, 3.8) is 0 Å². The fraction of sp³-hybridized carbons (Fsp3) is 1.00. The van der Waals surface area contributed by atoms with Crippen molar-refractivity contribution in [1.82, 2.24) is 14.8 Å². The van der Waals surface area contributed by atoms with Crippen LogP contribution < -0.4 is 14.8 Å². The number of rotatable bonds is 0. The molecule has 0 bridgehead atoms. The summed E-state index contributed by atoms with van der Waals surface area (Å²) >= 11 is 0. The van der Waals surface area contributed by atoms with Crippen molar-refractivity contribution in [3.8, 4) is 0 Å². The fourth-order valence-electron chi connectivity index (χ4n) is 1.77. The first-order valence-corrected chi connectivity index (χ1v) is 5.60. The van der Waals surface area contributed by atoms with Crippen molar-refractivity contribution in [2.45, 2.75) is 18.4 Å². The number of nitrogens with one attached hydrogen (secondary N) is 3. The van der Waals surface area contributed by atoms with Crippen molar-refractivity contribution in [1.29, 1.82) is 0 Å². The Morgan fingerprint density at radius 3 is 2.33 bits per heavy atom. The molecule has 2 heterocycles. The second-order valence-electron chi connectivity index (χ2n) is 3.46. The van der Waals surface area contributed by atoms with Crippen molar-refractivity contribution in [2.24, 2.45) is 0 Å². The van der Waals surface area contributed by atoms with E-state index in [4.69, 9.17) is 0 Å². The second-order valence-corrected chi connectivity index (χ2v) is 4.96. The van der Waals surface area contributed by atoms with Crippen LogP contribution in [0.1, 0.15) is 12.8 Å². The monoisotopic (exact) mass is 191 g/mol. The first-order chi connectivity index (χ1) is 5.62. The lowest BCUT2D eigenvalue weighted by molar-refractivity contribution is 0.304. The van der Waals surface area contributed by atoms with E-state index in [1.807, 2.05) is 0 Å². The first-order valence-electron chi connectivity index (χ1n) is 4.11. The van der Waals surface area contributed by atoms with Gasteiger partial charge in [-0.15, -0.1) is 0 Å². The fourth-order valence-corrected chi connectivity index (χ4v) is 3.16. The molecule has 0 unspecified atom stereocenters. The quantitative estimate of drug-likeness (QED) is 0.438. The number of piperidine rings is 1. The molecule has 3 N–H and O–H groups in total. The second kappa shape index (κ2) is 2.66. The summed E-state index contributed by atoms with van der Waals surface area (Å²) in [6.07, 6.45) is 1.75. The van der Waals surface area contributed by atoms with Crippen LogP contribution >= 0.6 is 0 Å². The van der Waals surface area contributed by atoms with E-state index in [1.54, 1.807) is 0 Å². The summed E-state index contributed by atoms with van der Waals surface area (Å²) in [6.45, 7) is 2.32. The largest absolute Gasteiger partial charge is 0.317 e. The minimum absolute atomic E-state index is 0.204. The van der Waals surface area contributed by atoms with E-state index in [2.05, 4.69) is 14.8 Å². The van der Waals surface area contributed by atoms with Gasteiger partial charge in [0.05, 0.1) is 0 Å². The Morgan fingerprint density at radius 1 is 1.17 bits per heavy atom. The number of hydrogen-bond donors (Lipinski definition) is 3. The van der Waals surface area contributed by atoms with Gasteiger partial charge in [0, 0.05) is 12.1 Å². The lowest BCUT2D eigenvalue weighted by atomic mass is 9.90. The van der Waals surface area contributed by atoms with Gasteiger partial charge in [-0.3, -0.25) is 0 Å². The molecule has 0 radical (unpaired) electrons. The Hall–Kier alpha value is -0.170. The van der Waals surface area contributed by atoms with Crippen LogP contribution in [0.15, 0.2) is 0 Å². The smallest absolute Gasteiger partial charge is 0.277 e. The van der Waals surface area contributed by atoms with Crippen molar-refractivity contribution in [2.75, 3.05) is 19.6 Å². The summed E-state index contributed by atoms with van der Waals surface area (Å²) < 4.78 is 27.3. The molecule has 0 amide bonds. The third-order valence-electron chi connectivity index (χ3n) is 2.51. The molecule has 0 aromatic carbocycles. The highest BCUT2D eigenvalue weighted by molar-refractivity contribution is 7.87. The number of hydrogen-bond acceptors (Lipinski definition) is 3. The molecule has 2 fully saturated rings. The van der Waals surface area contributed by atoms with E-state index in [0.29, 0.717) is 6.54 Å². The van der Waals surface area contributed by atoms with Gasteiger partial charge in [-0.1, -0.05) is 0 Å². The van der Waals surface area contributed by atoms with E-state index < -0.39 is 10.2 Å². The zero-order valence-corrected chi connectivity index (χ0v) is 7.58. The molecule has 0 saturated carbocycles. The van der Waals surface area contributed by atoms with Gasteiger partial charge >= 0.3 is 0 Å². The highest BCUT2D eigenvalue weighted by Crippen LogP contribution is 2.21. The molecule has 12 heavy (non-hydrogen) atoms. The predicted octanol–water partition coefficient (Wildman–Crippen LogP) is -1.45. The minimum Gasteiger partial charge on any atom is -0.317 e. The Labute approximate surface area is 72.1 Å². The molecular formula is C6H13N3O2S. The van der Waals surface area contributed by atoms with Crippen molar-refractivity contribution >= 4 is 10.2 Å².